The zero-order chi connectivity index (χ0) is 15.9. The molecule has 2 aromatic heterocycles. The highest BCUT2D eigenvalue weighted by Gasteiger charge is 2.29. The van der Waals surface area contributed by atoms with E-state index in [1.54, 1.807) is 7.05 Å². The summed E-state index contributed by atoms with van der Waals surface area (Å²) in [7, 11) is 1.67. The van der Waals surface area contributed by atoms with Crippen molar-refractivity contribution in [1.82, 2.24) is 20.8 Å². The summed E-state index contributed by atoms with van der Waals surface area (Å²) in [4.78, 5) is 19.8. The highest BCUT2D eigenvalue weighted by atomic mass is 16.2. The Morgan fingerprint density at radius 1 is 1.36 bits per heavy atom. The number of hydrogen-bond donors (Lipinski definition) is 3. The second-order valence-electron chi connectivity index (χ2n) is 7.22. The lowest BCUT2D eigenvalue weighted by Gasteiger charge is -2.34. The van der Waals surface area contributed by atoms with E-state index in [0.29, 0.717) is 17.0 Å². The van der Waals surface area contributed by atoms with E-state index in [9.17, 15) is 4.79 Å². The van der Waals surface area contributed by atoms with Gasteiger partial charge < -0.3 is 4.98 Å². The number of hydrogen-bond acceptors (Lipinski definition) is 3. The SMILES string of the molecule is CNNC(=O)c1cc2nc3c(cc2[nH]1)CC(C(C)(C)C)CC3. The normalized spacial score (nSPS) is 18.3. The molecule has 1 amide bonds. The molecular weight excluding hydrogens is 276 g/mol. The molecule has 3 N–H and O–H groups in total. The number of carbonyl (C=O) groups is 1. The Kier molecular flexibility index (Phi) is 3.68. The summed E-state index contributed by atoms with van der Waals surface area (Å²) in [5.74, 6) is 0.507. The third-order valence-electron chi connectivity index (χ3n) is 4.67. The number of pyridine rings is 1. The summed E-state index contributed by atoms with van der Waals surface area (Å²) in [6.07, 6.45) is 3.28. The second kappa shape index (κ2) is 5.39. The van der Waals surface area contributed by atoms with E-state index >= 15 is 0 Å². The minimum Gasteiger partial charge on any atom is -0.349 e. The molecule has 2 aromatic rings. The van der Waals surface area contributed by atoms with Crippen LogP contribution in [0.25, 0.3) is 11.0 Å². The van der Waals surface area contributed by atoms with Gasteiger partial charge in [0, 0.05) is 12.7 Å². The number of H-pyrrole nitrogens is 1. The van der Waals surface area contributed by atoms with Gasteiger partial charge in [0.2, 0.25) is 0 Å². The first-order valence-corrected chi connectivity index (χ1v) is 7.87. The minimum absolute atomic E-state index is 0.175. The monoisotopic (exact) mass is 300 g/mol. The Balaban J connectivity index is 1.95. The summed E-state index contributed by atoms with van der Waals surface area (Å²) < 4.78 is 0. The van der Waals surface area contributed by atoms with E-state index in [1.165, 1.54) is 17.7 Å². The van der Waals surface area contributed by atoms with Crippen LogP contribution < -0.4 is 10.9 Å². The molecule has 2 heterocycles. The van der Waals surface area contributed by atoms with Crippen molar-refractivity contribution in [2.45, 2.75) is 40.0 Å². The predicted octanol–water partition coefficient (Wildman–Crippen LogP) is 2.58. The van der Waals surface area contributed by atoms with Crippen molar-refractivity contribution in [2.24, 2.45) is 11.3 Å². The Bertz CT molecular complexity index is 711. The van der Waals surface area contributed by atoms with Gasteiger partial charge in [-0.3, -0.25) is 15.2 Å². The van der Waals surface area contributed by atoms with Crippen molar-refractivity contribution in [3.8, 4) is 0 Å². The molecule has 1 atom stereocenters. The summed E-state index contributed by atoms with van der Waals surface area (Å²) >= 11 is 0. The van der Waals surface area contributed by atoms with Crippen LogP contribution >= 0.6 is 0 Å². The highest BCUT2D eigenvalue weighted by molar-refractivity contribution is 5.96. The van der Waals surface area contributed by atoms with Crippen molar-refractivity contribution in [3.05, 3.63) is 29.1 Å². The van der Waals surface area contributed by atoms with Crippen LogP contribution in [0.2, 0.25) is 0 Å². The van der Waals surface area contributed by atoms with Crippen molar-refractivity contribution < 1.29 is 4.79 Å². The number of fused-ring (bicyclic) bond motifs is 2. The first-order valence-electron chi connectivity index (χ1n) is 7.87. The van der Waals surface area contributed by atoms with Crippen LogP contribution in [0.5, 0.6) is 0 Å². The number of aryl methyl sites for hydroxylation is 1. The van der Waals surface area contributed by atoms with E-state index in [4.69, 9.17) is 4.98 Å². The Morgan fingerprint density at radius 3 is 2.82 bits per heavy atom. The molecule has 0 bridgehead atoms. The maximum absolute atomic E-state index is 11.9. The van der Waals surface area contributed by atoms with E-state index in [0.717, 1.165) is 23.9 Å². The molecule has 5 nitrogen and oxygen atoms in total. The van der Waals surface area contributed by atoms with Crippen LogP contribution in [0, 0.1) is 11.3 Å². The lowest BCUT2D eigenvalue weighted by atomic mass is 9.71. The Morgan fingerprint density at radius 2 is 2.14 bits per heavy atom. The average Bonchev–Trinajstić information content (AvgIpc) is 2.86. The van der Waals surface area contributed by atoms with Crippen molar-refractivity contribution in [2.75, 3.05) is 7.05 Å². The predicted molar refractivity (Wildman–Crippen MR) is 87.6 cm³/mol. The average molecular weight is 300 g/mol. The Labute approximate surface area is 130 Å². The Hall–Kier alpha value is -1.88. The fourth-order valence-corrected chi connectivity index (χ4v) is 3.25. The van der Waals surface area contributed by atoms with Crippen LogP contribution in [0.3, 0.4) is 0 Å². The summed E-state index contributed by atoms with van der Waals surface area (Å²) in [6.45, 7) is 6.93. The van der Waals surface area contributed by atoms with Crippen molar-refractivity contribution in [3.63, 3.8) is 0 Å². The number of rotatable bonds is 2. The largest absolute Gasteiger partial charge is 0.349 e. The molecule has 0 fully saturated rings. The molecule has 1 aliphatic rings. The topological polar surface area (TPSA) is 69.8 Å². The van der Waals surface area contributed by atoms with Gasteiger partial charge in [-0.15, -0.1) is 0 Å². The first kappa shape index (κ1) is 15.0. The number of hydrazine groups is 1. The van der Waals surface area contributed by atoms with Gasteiger partial charge in [-0.2, -0.15) is 0 Å². The van der Waals surface area contributed by atoms with Gasteiger partial charge in [0.25, 0.3) is 5.91 Å². The number of nitrogens with one attached hydrogen (secondary N) is 3. The molecule has 22 heavy (non-hydrogen) atoms. The molecule has 0 radical (unpaired) electrons. The van der Waals surface area contributed by atoms with E-state index in [2.05, 4.69) is 42.7 Å². The van der Waals surface area contributed by atoms with Gasteiger partial charge in [-0.25, -0.2) is 5.43 Å². The first-order chi connectivity index (χ1) is 10.4. The van der Waals surface area contributed by atoms with Gasteiger partial charge in [-0.1, -0.05) is 20.8 Å². The molecule has 1 unspecified atom stereocenters. The zero-order valence-corrected chi connectivity index (χ0v) is 13.7. The maximum atomic E-state index is 11.9. The van der Waals surface area contributed by atoms with Crippen LogP contribution in [0.15, 0.2) is 12.1 Å². The minimum atomic E-state index is -0.175. The van der Waals surface area contributed by atoms with Crippen LogP contribution in [-0.2, 0) is 12.8 Å². The van der Waals surface area contributed by atoms with E-state index in [-0.39, 0.29) is 5.91 Å². The quantitative estimate of drug-likeness (QED) is 0.747. The number of aromatic amines is 1. The molecule has 1 aliphatic carbocycles. The van der Waals surface area contributed by atoms with E-state index in [1.807, 2.05) is 6.07 Å². The summed E-state index contributed by atoms with van der Waals surface area (Å²) in [6, 6.07) is 3.99. The van der Waals surface area contributed by atoms with Gasteiger partial charge >= 0.3 is 0 Å². The van der Waals surface area contributed by atoms with Crippen molar-refractivity contribution >= 4 is 16.9 Å². The summed E-state index contributed by atoms with van der Waals surface area (Å²) in [5.41, 5.74) is 10.4. The molecule has 0 saturated heterocycles. The van der Waals surface area contributed by atoms with Gasteiger partial charge in [0.05, 0.1) is 11.0 Å². The molecule has 3 rings (SSSR count). The number of amides is 1. The number of aromatic nitrogens is 2. The smallest absolute Gasteiger partial charge is 0.281 e. The van der Waals surface area contributed by atoms with Gasteiger partial charge in [0.1, 0.15) is 5.69 Å². The maximum Gasteiger partial charge on any atom is 0.281 e. The molecule has 0 aromatic carbocycles. The molecule has 0 aliphatic heterocycles. The molecule has 5 heteroatoms. The van der Waals surface area contributed by atoms with E-state index < -0.39 is 0 Å². The van der Waals surface area contributed by atoms with Crippen molar-refractivity contribution in [1.29, 1.82) is 0 Å². The second-order valence-corrected chi connectivity index (χ2v) is 7.22. The lowest BCUT2D eigenvalue weighted by Crippen LogP contribution is -2.34. The molecule has 0 saturated carbocycles. The van der Waals surface area contributed by atoms with Crippen LogP contribution in [0.4, 0.5) is 0 Å². The third kappa shape index (κ3) is 2.73. The molecule has 0 spiro atoms. The third-order valence-corrected chi connectivity index (χ3v) is 4.67. The lowest BCUT2D eigenvalue weighted by molar-refractivity contribution is 0.0934. The molecule has 118 valence electrons. The van der Waals surface area contributed by atoms with Gasteiger partial charge in [-0.05, 0) is 48.3 Å². The fraction of sp³-hybridized carbons (Fsp3) is 0.529. The van der Waals surface area contributed by atoms with Crippen LogP contribution in [0.1, 0.15) is 48.9 Å². The highest BCUT2D eigenvalue weighted by Crippen LogP contribution is 2.37. The van der Waals surface area contributed by atoms with Crippen LogP contribution in [-0.4, -0.2) is 22.9 Å². The molecular formula is C17H24N4O. The zero-order valence-electron chi connectivity index (χ0n) is 13.7. The number of carbonyl (C=O) groups excluding carboxylic acids is 1. The standard InChI is InChI=1S/C17H24N4O/c1-17(2,3)11-5-6-12-10(7-11)8-13-14(19-12)9-15(20-13)16(22)21-18-4/h8-9,11,18,20H,5-7H2,1-4H3,(H,21,22). The summed E-state index contributed by atoms with van der Waals surface area (Å²) in [5, 5.41) is 0. The fourth-order valence-electron chi connectivity index (χ4n) is 3.25. The number of nitrogens with zero attached hydrogens (tertiary/aromatic N) is 1. The van der Waals surface area contributed by atoms with Gasteiger partial charge in [0.15, 0.2) is 0 Å².